The Balaban J connectivity index is 1.10. The van der Waals surface area contributed by atoms with E-state index >= 15 is 0 Å². The Labute approximate surface area is 358 Å². The molecular weight excluding hydrogens is 755 g/mol. The lowest BCUT2D eigenvalue weighted by Crippen LogP contribution is -2.06. The fraction of sp³-hybridized carbons (Fsp3) is 0. The van der Waals surface area contributed by atoms with Gasteiger partial charge in [-0.05, 0) is 81.9 Å². The number of para-hydroxylation sites is 2. The summed E-state index contributed by atoms with van der Waals surface area (Å²) >= 11 is 0. The topological polar surface area (TPSA) is 48.5 Å². The van der Waals surface area contributed by atoms with Gasteiger partial charge in [-0.1, -0.05) is 176 Å². The van der Waals surface area contributed by atoms with Gasteiger partial charge in [0.1, 0.15) is 0 Å². The Hall–Kier alpha value is -8.41. The lowest BCUT2D eigenvalue weighted by atomic mass is 10.0. The maximum absolute atomic E-state index is 5.35. The summed E-state index contributed by atoms with van der Waals surface area (Å²) < 4.78 is 4.62. The highest BCUT2D eigenvalue weighted by molar-refractivity contribution is 6.28. The highest BCUT2D eigenvalue weighted by Crippen LogP contribution is 2.42. The van der Waals surface area contributed by atoms with Gasteiger partial charge in [0.2, 0.25) is 5.95 Å². The lowest BCUT2D eigenvalue weighted by Gasteiger charge is -2.12. The van der Waals surface area contributed by atoms with Crippen molar-refractivity contribution in [3.8, 4) is 67.8 Å². The molecule has 12 aromatic rings. The molecule has 290 valence electrons. The Morgan fingerprint density at radius 1 is 0.258 bits per heavy atom. The number of hydrogen-bond acceptors (Lipinski definition) is 3. The third kappa shape index (κ3) is 5.98. The van der Waals surface area contributed by atoms with Gasteiger partial charge in [0.25, 0.3) is 0 Å². The minimum absolute atomic E-state index is 0.561. The number of hydrogen-bond donors (Lipinski definition) is 0. The first kappa shape index (κ1) is 35.5. The van der Waals surface area contributed by atoms with Gasteiger partial charge in [0, 0.05) is 38.4 Å². The molecule has 0 bridgehead atoms. The zero-order valence-corrected chi connectivity index (χ0v) is 33.6. The molecule has 0 unspecified atom stereocenters. The first-order valence-corrected chi connectivity index (χ1v) is 20.9. The van der Waals surface area contributed by atoms with Crippen molar-refractivity contribution in [1.29, 1.82) is 0 Å². The third-order valence-electron chi connectivity index (χ3n) is 12.0. The van der Waals surface area contributed by atoms with Crippen LogP contribution in [0, 0.1) is 0 Å². The molecule has 9 aromatic carbocycles. The van der Waals surface area contributed by atoms with Gasteiger partial charge >= 0.3 is 0 Å². The number of fused-ring (bicyclic) bond motifs is 7. The van der Waals surface area contributed by atoms with E-state index in [1.807, 2.05) is 12.1 Å². The van der Waals surface area contributed by atoms with Crippen LogP contribution in [0.5, 0.6) is 0 Å². The van der Waals surface area contributed by atoms with Crippen molar-refractivity contribution in [2.75, 3.05) is 0 Å². The molecule has 0 aliphatic heterocycles. The molecule has 0 atom stereocenters. The molecule has 0 aliphatic carbocycles. The predicted molar refractivity (Wildman–Crippen MR) is 256 cm³/mol. The number of aromatic nitrogens is 5. The van der Waals surface area contributed by atoms with Crippen LogP contribution >= 0.6 is 0 Å². The van der Waals surface area contributed by atoms with Crippen LogP contribution in [0.1, 0.15) is 0 Å². The van der Waals surface area contributed by atoms with Crippen LogP contribution in [0.2, 0.25) is 0 Å². The lowest BCUT2D eigenvalue weighted by molar-refractivity contribution is 0.953. The summed E-state index contributed by atoms with van der Waals surface area (Å²) in [5.41, 5.74) is 14.2. The normalized spacial score (nSPS) is 11.5. The Bertz CT molecular complexity index is 3510. The summed E-state index contributed by atoms with van der Waals surface area (Å²) in [7, 11) is 0. The highest BCUT2D eigenvalue weighted by Gasteiger charge is 2.23. The number of rotatable bonds is 7. The van der Waals surface area contributed by atoms with Gasteiger partial charge in [-0.25, -0.2) is 4.98 Å². The first-order chi connectivity index (χ1) is 30.7. The van der Waals surface area contributed by atoms with Crippen LogP contribution in [0.15, 0.2) is 224 Å². The van der Waals surface area contributed by atoms with Gasteiger partial charge in [-0.2, -0.15) is 9.97 Å². The van der Waals surface area contributed by atoms with Crippen LogP contribution in [0.4, 0.5) is 0 Å². The van der Waals surface area contributed by atoms with Crippen LogP contribution in [0.25, 0.3) is 111 Å². The molecule has 3 aromatic heterocycles. The van der Waals surface area contributed by atoms with Gasteiger partial charge < -0.3 is 4.57 Å². The first-order valence-electron chi connectivity index (χ1n) is 20.9. The monoisotopic (exact) mass is 791 g/mol. The van der Waals surface area contributed by atoms with Gasteiger partial charge in [0.05, 0.1) is 22.1 Å². The zero-order valence-electron chi connectivity index (χ0n) is 33.6. The SMILES string of the molecule is c1ccc(-c2ccc(-n3c4ccccc4c4c5c6ccccc6n(-c6nc(-c7cccc(-c8ccccc8)c7)nc(-c7cccc(-c8ccccc8)c7)n6)c5ccc43)cc2)cc1. The average Bonchev–Trinajstić information content (AvgIpc) is 3.88. The molecule has 0 saturated carbocycles. The minimum Gasteiger partial charge on any atom is -0.309 e. The third-order valence-corrected chi connectivity index (χ3v) is 12.0. The molecule has 0 amide bonds. The van der Waals surface area contributed by atoms with Crippen LogP contribution in [-0.4, -0.2) is 24.1 Å². The molecule has 0 aliphatic rings. The van der Waals surface area contributed by atoms with Crippen molar-refractivity contribution in [3.63, 3.8) is 0 Å². The maximum Gasteiger partial charge on any atom is 0.238 e. The van der Waals surface area contributed by atoms with Crippen molar-refractivity contribution in [2.45, 2.75) is 0 Å². The smallest absolute Gasteiger partial charge is 0.238 e. The molecule has 3 heterocycles. The van der Waals surface area contributed by atoms with Gasteiger partial charge in [0.15, 0.2) is 11.6 Å². The second-order valence-electron chi connectivity index (χ2n) is 15.6. The Morgan fingerprint density at radius 2 is 0.645 bits per heavy atom. The summed E-state index contributed by atoms with van der Waals surface area (Å²) in [6, 6.07) is 79.2. The van der Waals surface area contributed by atoms with E-state index < -0.39 is 0 Å². The van der Waals surface area contributed by atoms with E-state index in [2.05, 4.69) is 221 Å². The molecule has 62 heavy (non-hydrogen) atoms. The predicted octanol–water partition coefficient (Wildman–Crippen LogP) is 14.4. The summed E-state index contributed by atoms with van der Waals surface area (Å²) in [5.74, 6) is 1.77. The van der Waals surface area contributed by atoms with Crippen molar-refractivity contribution in [1.82, 2.24) is 24.1 Å². The van der Waals surface area contributed by atoms with E-state index in [-0.39, 0.29) is 0 Å². The number of benzene rings is 9. The second kappa shape index (κ2) is 14.7. The van der Waals surface area contributed by atoms with E-state index in [1.165, 1.54) is 21.9 Å². The maximum atomic E-state index is 5.35. The standard InChI is InChI=1S/C57H37N5/c1-4-16-38(17-5-1)41-30-32-46(33-31-41)61-49-28-12-10-26-47(49)53-51(61)34-35-52-54(53)48-27-11-13-29-50(48)62(52)57-59-55(44-24-14-22-42(36-44)39-18-6-2-7-19-39)58-56(60-57)45-25-15-23-43(37-45)40-20-8-3-9-21-40/h1-37H. The number of nitrogens with zero attached hydrogens (tertiary/aromatic N) is 5. The van der Waals surface area contributed by atoms with Crippen molar-refractivity contribution < 1.29 is 0 Å². The molecule has 0 radical (unpaired) electrons. The molecule has 0 spiro atoms. The highest BCUT2D eigenvalue weighted by atomic mass is 15.2. The van der Waals surface area contributed by atoms with Crippen LogP contribution in [0.3, 0.4) is 0 Å². The molecule has 0 N–H and O–H groups in total. The van der Waals surface area contributed by atoms with Gasteiger partial charge in [-0.3, -0.25) is 4.57 Å². The summed E-state index contributed by atoms with van der Waals surface area (Å²) in [5, 5.41) is 4.68. The summed E-state index contributed by atoms with van der Waals surface area (Å²) in [6.07, 6.45) is 0. The molecule has 0 fully saturated rings. The Morgan fingerprint density at radius 3 is 1.16 bits per heavy atom. The van der Waals surface area contributed by atoms with Gasteiger partial charge in [-0.15, -0.1) is 0 Å². The van der Waals surface area contributed by atoms with Crippen LogP contribution < -0.4 is 0 Å². The molecular formula is C57H37N5. The van der Waals surface area contributed by atoms with Crippen molar-refractivity contribution >= 4 is 43.6 Å². The molecule has 0 saturated heterocycles. The van der Waals surface area contributed by atoms with Crippen molar-refractivity contribution in [2.24, 2.45) is 0 Å². The molecule has 5 nitrogen and oxygen atoms in total. The zero-order chi connectivity index (χ0) is 41.0. The quantitative estimate of drug-likeness (QED) is 0.162. The van der Waals surface area contributed by atoms with E-state index in [9.17, 15) is 0 Å². The molecule has 5 heteroatoms. The summed E-state index contributed by atoms with van der Waals surface area (Å²) in [4.78, 5) is 15.9. The second-order valence-corrected chi connectivity index (χ2v) is 15.6. The minimum atomic E-state index is 0.561. The van der Waals surface area contributed by atoms with E-state index in [1.54, 1.807) is 0 Å². The van der Waals surface area contributed by atoms with E-state index in [0.29, 0.717) is 17.6 Å². The fourth-order valence-electron chi connectivity index (χ4n) is 9.11. The largest absolute Gasteiger partial charge is 0.309 e. The van der Waals surface area contributed by atoms with E-state index in [0.717, 1.165) is 71.9 Å². The summed E-state index contributed by atoms with van der Waals surface area (Å²) in [6.45, 7) is 0. The average molecular weight is 792 g/mol. The fourth-order valence-corrected chi connectivity index (χ4v) is 9.11. The Kier molecular flexibility index (Phi) is 8.42. The van der Waals surface area contributed by atoms with Crippen molar-refractivity contribution in [3.05, 3.63) is 224 Å². The molecule has 12 rings (SSSR count). The van der Waals surface area contributed by atoms with E-state index in [4.69, 9.17) is 15.0 Å². The van der Waals surface area contributed by atoms with Crippen LogP contribution in [-0.2, 0) is 0 Å².